The zero-order chi connectivity index (χ0) is 10.8. The van der Waals surface area contributed by atoms with Crippen LogP contribution in [0.3, 0.4) is 0 Å². The molecule has 15 heavy (non-hydrogen) atoms. The van der Waals surface area contributed by atoms with Crippen LogP contribution in [0.25, 0.3) is 0 Å². The Kier molecular flexibility index (Phi) is 3.29. The lowest BCUT2D eigenvalue weighted by atomic mass is 10.1. The van der Waals surface area contributed by atoms with Gasteiger partial charge in [0.25, 0.3) is 0 Å². The summed E-state index contributed by atoms with van der Waals surface area (Å²) in [6.07, 6.45) is 1.11. The van der Waals surface area contributed by atoms with E-state index in [1.54, 1.807) is 0 Å². The van der Waals surface area contributed by atoms with Crippen molar-refractivity contribution in [3.8, 4) is 0 Å². The van der Waals surface area contributed by atoms with Crippen LogP contribution < -0.4 is 5.73 Å². The zero-order valence-electron chi connectivity index (χ0n) is 8.99. The minimum Gasteiger partial charge on any atom is -0.326 e. The van der Waals surface area contributed by atoms with Crippen molar-refractivity contribution in [1.29, 1.82) is 0 Å². The molecule has 0 aliphatic carbocycles. The van der Waals surface area contributed by atoms with Crippen LogP contribution in [-0.4, -0.2) is 23.5 Å². The number of halogens is 1. The third-order valence-corrected chi connectivity index (χ3v) is 3.50. The molecule has 2 N–H and O–H groups in total. The molecule has 2 nitrogen and oxygen atoms in total. The van der Waals surface area contributed by atoms with Gasteiger partial charge >= 0.3 is 0 Å². The molecule has 2 unspecified atom stereocenters. The van der Waals surface area contributed by atoms with E-state index >= 15 is 0 Å². The van der Waals surface area contributed by atoms with E-state index in [-0.39, 0.29) is 0 Å². The molecule has 82 valence electrons. The van der Waals surface area contributed by atoms with Crippen LogP contribution in [0.1, 0.15) is 18.9 Å². The highest BCUT2D eigenvalue weighted by molar-refractivity contribution is 6.30. The Morgan fingerprint density at radius 2 is 2.07 bits per heavy atom. The lowest BCUT2D eigenvalue weighted by molar-refractivity contribution is 0.252. The zero-order valence-corrected chi connectivity index (χ0v) is 9.74. The summed E-state index contributed by atoms with van der Waals surface area (Å²) in [6.45, 7) is 4.28. The minimum atomic E-state index is 0.331. The van der Waals surface area contributed by atoms with Crippen LogP contribution in [0.5, 0.6) is 0 Å². The third kappa shape index (κ3) is 2.51. The van der Waals surface area contributed by atoms with Crippen LogP contribution in [0, 0.1) is 0 Å². The third-order valence-electron chi connectivity index (χ3n) is 3.24. The Morgan fingerprint density at radius 3 is 2.60 bits per heavy atom. The standard InChI is InChI=1S/C12H17ClN2/c1-9-12(14)6-7-15(9)8-10-2-4-11(13)5-3-10/h2-5,9,12H,6-8,14H2,1H3. The van der Waals surface area contributed by atoms with Crippen molar-refractivity contribution in [3.05, 3.63) is 34.9 Å². The molecule has 1 aromatic carbocycles. The Hall–Kier alpha value is -0.570. The van der Waals surface area contributed by atoms with Gasteiger partial charge in [-0.25, -0.2) is 0 Å². The second-order valence-corrected chi connectivity index (χ2v) is 4.73. The predicted molar refractivity (Wildman–Crippen MR) is 63.9 cm³/mol. The van der Waals surface area contributed by atoms with Gasteiger partial charge in [0.2, 0.25) is 0 Å². The summed E-state index contributed by atoms with van der Waals surface area (Å²) in [5.41, 5.74) is 7.29. The lowest BCUT2D eigenvalue weighted by Gasteiger charge is -2.22. The monoisotopic (exact) mass is 224 g/mol. The Bertz CT molecular complexity index is 323. The van der Waals surface area contributed by atoms with Gasteiger partial charge in [-0.05, 0) is 31.0 Å². The number of rotatable bonds is 2. The SMILES string of the molecule is CC1C(N)CCN1Cc1ccc(Cl)cc1. The second-order valence-electron chi connectivity index (χ2n) is 4.29. The van der Waals surface area contributed by atoms with E-state index in [0.29, 0.717) is 12.1 Å². The molecule has 0 saturated carbocycles. The fraction of sp³-hybridized carbons (Fsp3) is 0.500. The van der Waals surface area contributed by atoms with Crippen molar-refractivity contribution in [2.45, 2.75) is 32.0 Å². The highest BCUT2D eigenvalue weighted by Crippen LogP contribution is 2.19. The molecule has 2 atom stereocenters. The summed E-state index contributed by atoms with van der Waals surface area (Å²) >= 11 is 5.85. The van der Waals surface area contributed by atoms with Crippen molar-refractivity contribution in [2.24, 2.45) is 5.73 Å². The van der Waals surface area contributed by atoms with Crippen molar-refractivity contribution < 1.29 is 0 Å². The van der Waals surface area contributed by atoms with E-state index in [1.165, 1.54) is 5.56 Å². The number of nitrogens with two attached hydrogens (primary N) is 1. The summed E-state index contributed by atoms with van der Waals surface area (Å²) in [5.74, 6) is 0. The van der Waals surface area contributed by atoms with E-state index in [1.807, 2.05) is 12.1 Å². The van der Waals surface area contributed by atoms with Gasteiger partial charge in [-0.2, -0.15) is 0 Å². The fourth-order valence-electron chi connectivity index (χ4n) is 2.08. The highest BCUT2D eigenvalue weighted by atomic mass is 35.5. The predicted octanol–water partition coefficient (Wildman–Crippen LogP) is 2.26. The number of hydrogen-bond donors (Lipinski definition) is 1. The molecule has 1 aliphatic rings. The summed E-state index contributed by atoms with van der Waals surface area (Å²) in [5, 5.41) is 0.796. The average Bonchev–Trinajstić information content (AvgIpc) is 2.53. The molecule has 0 aromatic heterocycles. The van der Waals surface area contributed by atoms with Gasteiger partial charge in [-0.1, -0.05) is 23.7 Å². The number of likely N-dealkylation sites (tertiary alicyclic amines) is 1. The second kappa shape index (κ2) is 4.52. The van der Waals surface area contributed by atoms with Crippen molar-refractivity contribution in [2.75, 3.05) is 6.54 Å². The van der Waals surface area contributed by atoms with Crippen molar-refractivity contribution in [1.82, 2.24) is 4.90 Å². The first-order valence-electron chi connectivity index (χ1n) is 5.41. The van der Waals surface area contributed by atoms with E-state index in [0.717, 1.165) is 24.5 Å². The fourth-order valence-corrected chi connectivity index (χ4v) is 2.20. The first-order chi connectivity index (χ1) is 7.16. The molecule has 1 aliphatic heterocycles. The Morgan fingerprint density at radius 1 is 1.40 bits per heavy atom. The van der Waals surface area contributed by atoms with Crippen LogP contribution >= 0.6 is 11.6 Å². The van der Waals surface area contributed by atoms with Gasteiger partial charge in [0.05, 0.1) is 0 Å². The number of nitrogens with zero attached hydrogens (tertiary/aromatic N) is 1. The van der Waals surface area contributed by atoms with E-state index in [2.05, 4.69) is 24.0 Å². The van der Waals surface area contributed by atoms with Crippen LogP contribution in [0.4, 0.5) is 0 Å². The molecule has 1 fully saturated rings. The molecule has 2 rings (SSSR count). The quantitative estimate of drug-likeness (QED) is 0.835. The number of hydrogen-bond acceptors (Lipinski definition) is 2. The van der Waals surface area contributed by atoms with Gasteiger partial charge in [0, 0.05) is 30.2 Å². The molecule has 1 heterocycles. The summed E-state index contributed by atoms with van der Waals surface area (Å²) in [7, 11) is 0. The first-order valence-corrected chi connectivity index (χ1v) is 5.78. The molecule has 0 amide bonds. The van der Waals surface area contributed by atoms with Crippen molar-refractivity contribution in [3.63, 3.8) is 0 Å². The maximum atomic E-state index is 5.98. The normalized spacial score (nSPS) is 27.1. The molecule has 0 spiro atoms. The molecule has 0 bridgehead atoms. The van der Waals surface area contributed by atoms with Gasteiger partial charge < -0.3 is 5.73 Å². The van der Waals surface area contributed by atoms with E-state index in [9.17, 15) is 0 Å². The molecule has 3 heteroatoms. The summed E-state index contributed by atoms with van der Waals surface area (Å²) in [6, 6.07) is 8.87. The van der Waals surface area contributed by atoms with E-state index < -0.39 is 0 Å². The van der Waals surface area contributed by atoms with Crippen LogP contribution in [-0.2, 0) is 6.54 Å². The Balaban J connectivity index is 2.00. The Labute approximate surface area is 96.0 Å². The molecular formula is C12H17ClN2. The van der Waals surface area contributed by atoms with Gasteiger partial charge in [0.15, 0.2) is 0 Å². The lowest BCUT2D eigenvalue weighted by Crippen LogP contribution is -2.36. The number of benzene rings is 1. The minimum absolute atomic E-state index is 0.331. The smallest absolute Gasteiger partial charge is 0.0406 e. The first kappa shape index (κ1) is 10.9. The molecule has 0 radical (unpaired) electrons. The van der Waals surface area contributed by atoms with Gasteiger partial charge in [0.1, 0.15) is 0 Å². The molecule has 1 saturated heterocycles. The highest BCUT2D eigenvalue weighted by Gasteiger charge is 2.27. The largest absolute Gasteiger partial charge is 0.326 e. The molecule has 1 aromatic rings. The average molecular weight is 225 g/mol. The maximum absolute atomic E-state index is 5.98. The van der Waals surface area contributed by atoms with Crippen molar-refractivity contribution >= 4 is 11.6 Å². The summed E-state index contributed by atoms with van der Waals surface area (Å²) in [4.78, 5) is 2.42. The summed E-state index contributed by atoms with van der Waals surface area (Å²) < 4.78 is 0. The van der Waals surface area contributed by atoms with Gasteiger partial charge in [-0.3, -0.25) is 4.90 Å². The van der Waals surface area contributed by atoms with E-state index in [4.69, 9.17) is 17.3 Å². The topological polar surface area (TPSA) is 29.3 Å². The van der Waals surface area contributed by atoms with Crippen LogP contribution in [0.2, 0.25) is 5.02 Å². The maximum Gasteiger partial charge on any atom is 0.0406 e. The van der Waals surface area contributed by atoms with Gasteiger partial charge in [-0.15, -0.1) is 0 Å². The molecular weight excluding hydrogens is 208 g/mol. The van der Waals surface area contributed by atoms with Crippen LogP contribution in [0.15, 0.2) is 24.3 Å².